The molecule has 0 amide bonds. The van der Waals surface area contributed by atoms with Gasteiger partial charge in [-0.15, -0.1) is 0 Å². The summed E-state index contributed by atoms with van der Waals surface area (Å²) < 4.78 is 0. The summed E-state index contributed by atoms with van der Waals surface area (Å²) in [7, 11) is -1.34. The number of fused-ring (bicyclic) bond motifs is 3. The van der Waals surface area contributed by atoms with E-state index in [4.69, 9.17) is 0 Å². The topological polar surface area (TPSA) is 0 Å². The van der Waals surface area contributed by atoms with Crippen LogP contribution in [0.1, 0.15) is 126 Å². The van der Waals surface area contributed by atoms with Gasteiger partial charge < -0.3 is 0 Å². The maximum absolute atomic E-state index is 2.65. The van der Waals surface area contributed by atoms with Crippen LogP contribution in [-0.2, 0) is 5.41 Å². The summed E-state index contributed by atoms with van der Waals surface area (Å²) in [4.78, 5) is 0. The molecule has 1 aliphatic rings. The van der Waals surface area contributed by atoms with Crippen molar-refractivity contribution in [2.24, 2.45) is 0 Å². The molecule has 0 bridgehead atoms. The van der Waals surface area contributed by atoms with E-state index in [1.807, 2.05) is 0 Å². The quantitative estimate of drug-likeness (QED) is 0.0469. The van der Waals surface area contributed by atoms with E-state index in [0.29, 0.717) is 0 Å². The number of aryl methyl sites for hydroxylation is 2. The van der Waals surface area contributed by atoms with Crippen LogP contribution in [0.15, 0.2) is 194 Å². The molecule has 0 aliphatic heterocycles. The van der Waals surface area contributed by atoms with Gasteiger partial charge in [0.1, 0.15) is 0 Å². The van der Waals surface area contributed by atoms with Crippen molar-refractivity contribution in [3.8, 4) is 33.4 Å². The smallest absolute Gasteiger partial charge is 0.0215 e. The third kappa shape index (κ3) is 11.0. The zero-order valence-electron chi connectivity index (χ0n) is 41.8. The molecule has 8 aromatic carbocycles. The standard InChI is InChI=1S/C67H72P2/c1-5-7-9-11-13-27-45-67(46-28-14-12-10-8-6-2)65-47-51(3)61(53-37-41-59(42-38-53)68(55-29-19-15-20-30-55)56-31-21-16-22-32-56)49-63(65)64-50-62(52(4)48-66(64)67)54-39-43-60(44-40-54)69(57-33-23-17-24-34-57)58-35-25-18-26-36-58/h15-26,29-44,47-50H,5-14,27-28,45-46H2,1-4H3. The molecule has 2 heteroatoms. The Morgan fingerprint density at radius 3 is 0.913 bits per heavy atom. The van der Waals surface area contributed by atoms with Crippen LogP contribution in [-0.4, -0.2) is 0 Å². The molecule has 0 radical (unpaired) electrons. The predicted octanol–water partition coefficient (Wildman–Crippen LogP) is 16.9. The lowest BCUT2D eigenvalue weighted by atomic mass is 9.69. The second kappa shape index (κ2) is 23.5. The van der Waals surface area contributed by atoms with Crippen LogP contribution < -0.4 is 31.8 Å². The average Bonchev–Trinajstić information content (AvgIpc) is 3.64. The summed E-state index contributed by atoms with van der Waals surface area (Å²) in [5.41, 5.74) is 14.2. The maximum atomic E-state index is 2.65. The molecule has 0 aromatic heterocycles. The van der Waals surface area contributed by atoms with E-state index in [0.717, 1.165) is 0 Å². The first-order valence-corrected chi connectivity index (χ1v) is 29.0. The molecule has 350 valence electrons. The Morgan fingerprint density at radius 1 is 0.304 bits per heavy atom. The fourth-order valence-corrected chi connectivity index (χ4v) is 15.8. The highest BCUT2D eigenvalue weighted by Crippen LogP contribution is 2.57. The minimum atomic E-state index is -0.668. The summed E-state index contributed by atoms with van der Waals surface area (Å²) >= 11 is 0. The van der Waals surface area contributed by atoms with Crippen molar-refractivity contribution in [1.82, 2.24) is 0 Å². The highest BCUT2D eigenvalue weighted by molar-refractivity contribution is 7.80. The van der Waals surface area contributed by atoms with Crippen molar-refractivity contribution < 1.29 is 0 Å². The van der Waals surface area contributed by atoms with E-state index in [2.05, 4.69) is 222 Å². The summed E-state index contributed by atoms with van der Waals surface area (Å²) in [6.45, 7) is 9.42. The molecule has 69 heavy (non-hydrogen) atoms. The van der Waals surface area contributed by atoms with Gasteiger partial charge in [0.15, 0.2) is 0 Å². The molecule has 0 heterocycles. The predicted molar refractivity (Wildman–Crippen MR) is 306 cm³/mol. The first-order valence-electron chi connectivity index (χ1n) is 26.3. The van der Waals surface area contributed by atoms with Crippen LogP contribution in [0.2, 0.25) is 0 Å². The van der Waals surface area contributed by atoms with Gasteiger partial charge in [0.05, 0.1) is 0 Å². The Balaban J connectivity index is 1.13. The van der Waals surface area contributed by atoms with Gasteiger partial charge in [0, 0.05) is 5.41 Å². The average molecular weight is 939 g/mol. The van der Waals surface area contributed by atoms with Gasteiger partial charge in [-0.1, -0.05) is 273 Å². The minimum Gasteiger partial charge on any atom is -0.0654 e. The third-order valence-corrected chi connectivity index (χ3v) is 19.8. The number of benzene rings is 8. The lowest BCUT2D eigenvalue weighted by Crippen LogP contribution is -2.26. The summed E-state index contributed by atoms with van der Waals surface area (Å²) in [5.74, 6) is 0. The van der Waals surface area contributed by atoms with Gasteiger partial charge in [-0.05, 0) is 142 Å². The van der Waals surface area contributed by atoms with E-state index in [-0.39, 0.29) is 5.41 Å². The maximum Gasteiger partial charge on any atom is 0.0215 e. The molecule has 0 spiro atoms. The Hall–Kier alpha value is -5.38. The lowest BCUT2D eigenvalue weighted by molar-refractivity contribution is 0.397. The molecule has 0 N–H and O–H groups in total. The molecule has 8 aromatic rings. The molecule has 0 atom stereocenters. The minimum absolute atomic E-state index is 0.0167. The van der Waals surface area contributed by atoms with Crippen molar-refractivity contribution in [3.63, 3.8) is 0 Å². The Labute approximate surface area is 418 Å². The highest BCUT2D eigenvalue weighted by Gasteiger charge is 2.43. The fraction of sp³-hybridized carbons (Fsp3) is 0.284. The molecule has 0 saturated heterocycles. The largest absolute Gasteiger partial charge is 0.0654 e. The van der Waals surface area contributed by atoms with E-state index >= 15 is 0 Å². The van der Waals surface area contributed by atoms with Crippen LogP contribution in [0, 0.1) is 13.8 Å². The van der Waals surface area contributed by atoms with Gasteiger partial charge in [-0.25, -0.2) is 0 Å². The van der Waals surface area contributed by atoms with Crippen LogP contribution in [0.5, 0.6) is 0 Å². The van der Waals surface area contributed by atoms with E-state index in [1.165, 1.54) is 166 Å². The fourth-order valence-electron chi connectivity index (χ4n) is 11.3. The van der Waals surface area contributed by atoms with Crippen molar-refractivity contribution in [1.29, 1.82) is 0 Å². The van der Waals surface area contributed by atoms with Gasteiger partial charge >= 0.3 is 0 Å². The summed E-state index contributed by atoms with van der Waals surface area (Å²) in [6, 6.07) is 74.2. The van der Waals surface area contributed by atoms with Gasteiger partial charge in [-0.3, -0.25) is 0 Å². The van der Waals surface area contributed by atoms with Crippen LogP contribution in [0.3, 0.4) is 0 Å². The lowest BCUT2D eigenvalue weighted by Gasteiger charge is -2.34. The zero-order chi connectivity index (χ0) is 47.4. The molecule has 0 unspecified atom stereocenters. The second-order valence-corrected chi connectivity index (χ2v) is 24.1. The van der Waals surface area contributed by atoms with E-state index in [1.54, 1.807) is 11.1 Å². The summed E-state index contributed by atoms with van der Waals surface area (Å²) in [6.07, 6.45) is 18.3. The number of unbranched alkanes of at least 4 members (excludes halogenated alkanes) is 10. The SMILES string of the molecule is CCCCCCCCC1(CCCCCCCC)c2cc(C)c(-c3ccc(P(c4ccccc4)c4ccccc4)cc3)cc2-c2cc(-c3ccc(P(c4ccccc4)c4ccccc4)cc3)c(C)cc21. The number of hydrogen-bond acceptors (Lipinski definition) is 0. The zero-order valence-corrected chi connectivity index (χ0v) is 43.6. The first kappa shape index (κ1) is 48.6. The Bertz CT molecular complexity index is 2570. The van der Waals surface area contributed by atoms with Crippen molar-refractivity contribution in [3.05, 3.63) is 216 Å². The monoisotopic (exact) mass is 939 g/mol. The molecular weight excluding hydrogens is 867 g/mol. The molecule has 0 saturated carbocycles. The van der Waals surface area contributed by atoms with Crippen LogP contribution in [0.25, 0.3) is 33.4 Å². The molecular formula is C67H72P2. The third-order valence-electron chi connectivity index (χ3n) is 14.9. The first-order chi connectivity index (χ1) is 34.0. The van der Waals surface area contributed by atoms with Crippen molar-refractivity contribution in [2.45, 2.75) is 123 Å². The second-order valence-electron chi connectivity index (χ2n) is 19.6. The van der Waals surface area contributed by atoms with Gasteiger partial charge in [-0.2, -0.15) is 0 Å². The molecule has 0 fully saturated rings. The number of rotatable bonds is 22. The van der Waals surface area contributed by atoms with Crippen molar-refractivity contribution in [2.75, 3.05) is 0 Å². The summed E-state index contributed by atoms with van der Waals surface area (Å²) in [5, 5.41) is 8.32. The molecule has 1 aliphatic carbocycles. The Morgan fingerprint density at radius 2 is 0.594 bits per heavy atom. The van der Waals surface area contributed by atoms with Gasteiger partial charge in [0.25, 0.3) is 0 Å². The highest BCUT2D eigenvalue weighted by atomic mass is 31.1. The molecule has 9 rings (SSSR count). The van der Waals surface area contributed by atoms with Crippen LogP contribution in [0.4, 0.5) is 0 Å². The number of hydrogen-bond donors (Lipinski definition) is 0. The van der Waals surface area contributed by atoms with E-state index < -0.39 is 15.8 Å². The normalized spacial score (nSPS) is 12.7. The van der Waals surface area contributed by atoms with Crippen LogP contribution >= 0.6 is 15.8 Å². The van der Waals surface area contributed by atoms with Gasteiger partial charge in [0.2, 0.25) is 0 Å². The van der Waals surface area contributed by atoms with Crippen molar-refractivity contribution >= 4 is 47.7 Å². The molecule has 0 nitrogen and oxygen atoms in total. The van der Waals surface area contributed by atoms with E-state index in [9.17, 15) is 0 Å². The Kier molecular flexibility index (Phi) is 16.6.